The number of carbonyl (C=O) groups is 1. The van der Waals surface area contributed by atoms with E-state index in [0.29, 0.717) is 5.92 Å². The second-order valence-corrected chi connectivity index (χ2v) is 5.61. The summed E-state index contributed by atoms with van der Waals surface area (Å²) < 4.78 is 1.05. The van der Waals surface area contributed by atoms with Gasteiger partial charge in [-0.15, -0.1) is 0 Å². The van der Waals surface area contributed by atoms with E-state index >= 15 is 0 Å². The van der Waals surface area contributed by atoms with Gasteiger partial charge in [0.25, 0.3) is 5.91 Å². The zero-order valence-corrected chi connectivity index (χ0v) is 11.3. The van der Waals surface area contributed by atoms with E-state index in [0.717, 1.165) is 29.5 Å². The van der Waals surface area contributed by atoms with Crippen molar-refractivity contribution in [2.24, 2.45) is 5.92 Å². The third kappa shape index (κ3) is 2.29. The first-order valence-electron chi connectivity index (χ1n) is 5.65. The number of benzene rings is 1. The van der Waals surface area contributed by atoms with Crippen LogP contribution in [0.15, 0.2) is 22.7 Å². The standard InChI is InChI=1S/C13H16BrNO/c1-9(2)8-15-6-5-10-7-11(14)3-4-12(10)13(15)16/h3-4,7,9H,5-6,8H2,1-2H3. The van der Waals surface area contributed by atoms with Gasteiger partial charge in [-0.1, -0.05) is 29.8 Å². The second kappa shape index (κ2) is 4.58. The van der Waals surface area contributed by atoms with Crippen LogP contribution in [0.4, 0.5) is 0 Å². The molecule has 0 aromatic heterocycles. The molecule has 86 valence electrons. The highest BCUT2D eigenvalue weighted by Gasteiger charge is 2.24. The van der Waals surface area contributed by atoms with Gasteiger partial charge in [0.05, 0.1) is 0 Å². The van der Waals surface area contributed by atoms with Crippen molar-refractivity contribution in [3.8, 4) is 0 Å². The van der Waals surface area contributed by atoms with E-state index in [2.05, 4.69) is 35.8 Å². The van der Waals surface area contributed by atoms with Crippen LogP contribution < -0.4 is 0 Å². The fourth-order valence-corrected chi connectivity index (χ4v) is 2.53. The quantitative estimate of drug-likeness (QED) is 0.816. The summed E-state index contributed by atoms with van der Waals surface area (Å²) in [5, 5.41) is 0. The minimum Gasteiger partial charge on any atom is -0.338 e. The van der Waals surface area contributed by atoms with Crippen molar-refractivity contribution in [1.82, 2.24) is 4.90 Å². The molecule has 0 aliphatic carbocycles. The number of hydrogen-bond donors (Lipinski definition) is 0. The van der Waals surface area contributed by atoms with E-state index in [-0.39, 0.29) is 5.91 Å². The number of halogens is 1. The zero-order valence-electron chi connectivity index (χ0n) is 9.66. The Hall–Kier alpha value is -0.830. The van der Waals surface area contributed by atoms with Gasteiger partial charge in [0.15, 0.2) is 0 Å². The van der Waals surface area contributed by atoms with Crippen LogP contribution in [0.25, 0.3) is 0 Å². The molecule has 0 saturated heterocycles. The lowest BCUT2D eigenvalue weighted by atomic mass is 9.98. The van der Waals surface area contributed by atoms with Crippen molar-refractivity contribution in [3.63, 3.8) is 0 Å². The first kappa shape index (κ1) is 11.6. The van der Waals surface area contributed by atoms with E-state index in [1.54, 1.807) is 0 Å². The highest BCUT2D eigenvalue weighted by molar-refractivity contribution is 9.10. The Balaban J connectivity index is 2.25. The fourth-order valence-electron chi connectivity index (χ4n) is 2.12. The molecular formula is C13H16BrNO. The Kier molecular flexibility index (Phi) is 3.33. The molecule has 0 atom stereocenters. The van der Waals surface area contributed by atoms with Crippen molar-refractivity contribution in [1.29, 1.82) is 0 Å². The zero-order chi connectivity index (χ0) is 11.7. The van der Waals surface area contributed by atoms with Crippen LogP contribution in [-0.2, 0) is 6.42 Å². The molecule has 0 fully saturated rings. The third-order valence-electron chi connectivity index (χ3n) is 2.82. The van der Waals surface area contributed by atoms with Crippen molar-refractivity contribution in [2.75, 3.05) is 13.1 Å². The lowest BCUT2D eigenvalue weighted by Crippen LogP contribution is -2.39. The summed E-state index contributed by atoms with van der Waals surface area (Å²) in [6, 6.07) is 5.92. The number of rotatable bonds is 2. The highest BCUT2D eigenvalue weighted by atomic mass is 79.9. The molecule has 1 amide bonds. The summed E-state index contributed by atoms with van der Waals surface area (Å²) in [5.74, 6) is 0.711. The maximum atomic E-state index is 12.2. The molecule has 3 heteroatoms. The van der Waals surface area contributed by atoms with Gasteiger partial charge in [-0.2, -0.15) is 0 Å². The smallest absolute Gasteiger partial charge is 0.254 e. The van der Waals surface area contributed by atoms with Gasteiger partial charge in [-0.05, 0) is 36.1 Å². The number of nitrogens with zero attached hydrogens (tertiary/aromatic N) is 1. The lowest BCUT2D eigenvalue weighted by Gasteiger charge is -2.30. The first-order chi connectivity index (χ1) is 7.58. The molecule has 0 saturated carbocycles. The van der Waals surface area contributed by atoms with Crippen LogP contribution >= 0.6 is 15.9 Å². The summed E-state index contributed by atoms with van der Waals surface area (Å²) in [6.45, 7) is 5.99. The van der Waals surface area contributed by atoms with Crippen molar-refractivity contribution in [3.05, 3.63) is 33.8 Å². The van der Waals surface area contributed by atoms with Gasteiger partial charge < -0.3 is 4.90 Å². The molecule has 0 spiro atoms. The van der Waals surface area contributed by atoms with Crippen LogP contribution in [-0.4, -0.2) is 23.9 Å². The van der Waals surface area contributed by atoms with Gasteiger partial charge in [0.1, 0.15) is 0 Å². The molecule has 0 radical (unpaired) electrons. The Bertz CT molecular complexity index is 414. The van der Waals surface area contributed by atoms with Crippen molar-refractivity contribution < 1.29 is 4.79 Å². The Morgan fingerprint density at radius 1 is 1.44 bits per heavy atom. The fraction of sp³-hybridized carbons (Fsp3) is 0.462. The van der Waals surface area contributed by atoms with E-state index in [4.69, 9.17) is 0 Å². The maximum Gasteiger partial charge on any atom is 0.254 e. The lowest BCUT2D eigenvalue weighted by molar-refractivity contribution is 0.0720. The van der Waals surface area contributed by atoms with Crippen LogP contribution in [0.5, 0.6) is 0 Å². The Morgan fingerprint density at radius 3 is 2.88 bits per heavy atom. The third-order valence-corrected chi connectivity index (χ3v) is 3.31. The number of amides is 1. The van der Waals surface area contributed by atoms with Crippen LogP contribution in [0.2, 0.25) is 0 Å². The van der Waals surface area contributed by atoms with Gasteiger partial charge in [-0.3, -0.25) is 4.79 Å². The van der Waals surface area contributed by atoms with Gasteiger partial charge in [0, 0.05) is 23.1 Å². The van der Waals surface area contributed by atoms with Crippen LogP contribution in [0.3, 0.4) is 0 Å². The van der Waals surface area contributed by atoms with E-state index in [9.17, 15) is 4.79 Å². The topological polar surface area (TPSA) is 20.3 Å². The number of hydrogen-bond acceptors (Lipinski definition) is 1. The van der Waals surface area contributed by atoms with Gasteiger partial charge in [-0.25, -0.2) is 0 Å². The average Bonchev–Trinajstić information content (AvgIpc) is 2.22. The molecule has 0 unspecified atom stereocenters. The van der Waals surface area contributed by atoms with Crippen LogP contribution in [0.1, 0.15) is 29.8 Å². The molecule has 16 heavy (non-hydrogen) atoms. The van der Waals surface area contributed by atoms with Gasteiger partial charge in [0.2, 0.25) is 0 Å². The minimum atomic E-state index is 0.183. The highest BCUT2D eigenvalue weighted by Crippen LogP contribution is 2.23. The SMILES string of the molecule is CC(C)CN1CCc2cc(Br)ccc2C1=O. The Morgan fingerprint density at radius 2 is 2.19 bits per heavy atom. The second-order valence-electron chi connectivity index (χ2n) is 4.70. The molecule has 0 bridgehead atoms. The summed E-state index contributed by atoms with van der Waals surface area (Å²) in [6.07, 6.45) is 0.966. The average molecular weight is 282 g/mol. The normalized spacial score (nSPS) is 15.5. The van der Waals surface area contributed by atoms with Crippen LogP contribution in [0, 0.1) is 5.92 Å². The summed E-state index contributed by atoms with van der Waals surface area (Å²) in [4.78, 5) is 14.1. The summed E-state index contributed by atoms with van der Waals surface area (Å²) in [7, 11) is 0. The van der Waals surface area contributed by atoms with E-state index < -0.39 is 0 Å². The summed E-state index contributed by atoms with van der Waals surface area (Å²) >= 11 is 3.44. The monoisotopic (exact) mass is 281 g/mol. The molecular weight excluding hydrogens is 266 g/mol. The number of fused-ring (bicyclic) bond motifs is 1. The maximum absolute atomic E-state index is 12.2. The molecule has 1 heterocycles. The molecule has 1 aromatic carbocycles. The predicted molar refractivity (Wildman–Crippen MR) is 68.6 cm³/mol. The molecule has 1 aliphatic rings. The molecule has 0 N–H and O–H groups in total. The Labute approximate surface area is 105 Å². The van der Waals surface area contributed by atoms with E-state index in [1.807, 2.05) is 17.0 Å². The molecule has 1 aliphatic heterocycles. The largest absolute Gasteiger partial charge is 0.338 e. The van der Waals surface area contributed by atoms with E-state index in [1.165, 1.54) is 5.56 Å². The molecule has 2 nitrogen and oxygen atoms in total. The molecule has 2 rings (SSSR count). The molecule has 1 aromatic rings. The summed E-state index contributed by atoms with van der Waals surface area (Å²) in [5.41, 5.74) is 2.04. The minimum absolute atomic E-state index is 0.183. The van der Waals surface area contributed by atoms with Crippen molar-refractivity contribution >= 4 is 21.8 Å². The van der Waals surface area contributed by atoms with Crippen molar-refractivity contribution in [2.45, 2.75) is 20.3 Å². The first-order valence-corrected chi connectivity index (χ1v) is 6.45. The van der Waals surface area contributed by atoms with Gasteiger partial charge >= 0.3 is 0 Å². The predicted octanol–water partition coefficient (Wildman–Crippen LogP) is 3.10. The number of carbonyl (C=O) groups excluding carboxylic acids is 1.